The molecule has 0 spiro atoms. The van der Waals surface area contributed by atoms with Gasteiger partial charge in [-0.05, 0) is 34.1 Å². The van der Waals surface area contributed by atoms with Gasteiger partial charge in [0, 0.05) is 13.1 Å². The Bertz CT molecular complexity index is 700. The number of hydrogen-bond acceptors (Lipinski definition) is 5. The fraction of sp³-hybridized carbons (Fsp3) is 0.455. The van der Waals surface area contributed by atoms with Crippen LogP contribution in [0.2, 0.25) is 0 Å². The Morgan fingerprint density at radius 3 is 2.35 bits per heavy atom. The summed E-state index contributed by atoms with van der Waals surface area (Å²) in [7, 11) is -5.30. The molecule has 0 amide bonds. The molecule has 0 unspecified atom stereocenters. The fourth-order valence-electron chi connectivity index (χ4n) is 1.89. The first-order chi connectivity index (χ1) is 9.26. The molecule has 0 bridgehead atoms. The molecule has 1 aliphatic rings. The highest BCUT2D eigenvalue weighted by Crippen LogP contribution is 2.29. The SMILES string of the molecule is COc1ccc(S(=O)(=O)N2CCS(=O)(=O)CC2)cc1Br. The van der Waals surface area contributed by atoms with Gasteiger partial charge in [0.15, 0.2) is 9.84 Å². The maximum Gasteiger partial charge on any atom is 0.243 e. The van der Waals surface area contributed by atoms with Crippen molar-refractivity contribution < 1.29 is 21.6 Å². The zero-order chi connectivity index (χ0) is 15.0. The van der Waals surface area contributed by atoms with Crippen LogP contribution in [0.15, 0.2) is 27.6 Å². The van der Waals surface area contributed by atoms with Crippen molar-refractivity contribution in [3.05, 3.63) is 22.7 Å². The third-order valence-electron chi connectivity index (χ3n) is 3.06. The van der Waals surface area contributed by atoms with Gasteiger partial charge < -0.3 is 4.74 Å². The number of nitrogens with zero attached hydrogens (tertiary/aromatic N) is 1. The van der Waals surface area contributed by atoms with Gasteiger partial charge in [0.2, 0.25) is 10.0 Å². The van der Waals surface area contributed by atoms with Gasteiger partial charge in [-0.3, -0.25) is 0 Å². The van der Waals surface area contributed by atoms with Crippen LogP contribution in [0.4, 0.5) is 0 Å². The summed E-state index contributed by atoms with van der Waals surface area (Å²) in [5.74, 6) is 0.262. The minimum absolute atomic E-state index is 0.00564. The Morgan fingerprint density at radius 2 is 1.85 bits per heavy atom. The van der Waals surface area contributed by atoms with Crippen molar-refractivity contribution in [2.75, 3.05) is 31.7 Å². The molecule has 1 heterocycles. The van der Waals surface area contributed by atoms with Gasteiger partial charge in [-0.25, -0.2) is 16.8 Å². The number of methoxy groups -OCH3 is 1. The zero-order valence-corrected chi connectivity index (χ0v) is 14.0. The molecular formula is C11H14BrNO5S2. The lowest BCUT2D eigenvalue weighted by Crippen LogP contribution is -2.43. The average Bonchev–Trinajstić information content (AvgIpc) is 2.38. The average molecular weight is 384 g/mol. The van der Waals surface area contributed by atoms with E-state index in [4.69, 9.17) is 4.74 Å². The van der Waals surface area contributed by atoms with Crippen molar-refractivity contribution in [3.63, 3.8) is 0 Å². The van der Waals surface area contributed by atoms with Crippen molar-refractivity contribution >= 4 is 35.8 Å². The van der Waals surface area contributed by atoms with Crippen molar-refractivity contribution in [2.45, 2.75) is 4.90 Å². The number of benzene rings is 1. The molecule has 2 rings (SSSR count). The molecule has 0 saturated carbocycles. The van der Waals surface area contributed by atoms with Gasteiger partial charge in [0.1, 0.15) is 5.75 Å². The van der Waals surface area contributed by atoms with E-state index in [0.717, 1.165) is 0 Å². The van der Waals surface area contributed by atoms with E-state index in [1.165, 1.54) is 23.5 Å². The summed E-state index contributed by atoms with van der Waals surface area (Å²) in [5, 5.41) is 0. The highest BCUT2D eigenvalue weighted by Gasteiger charge is 2.31. The molecule has 0 aliphatic carbocycles. The minimum atomic E-state index is -3.68. The van der Waals surface area contributed by atoms with Crippen LogP contribution in [0.5, 0.6) is 5.75 Å². The van der Waals surface area contributed by atoms with E-state index in [1.807, 2.05) is 0 Å². The molecule has 0 radical (unpaired) electrons. The third kappa shape index (κ3) is 3.16. The predicted molar refractivity (Wildman–Crippen MR) is 78.1 cm³/mol. The first kappa shape index (κ1) is 15.7. The Balaban J connectivity index is 2.29. The molecule has 0 aromatic heterocycles. The van der Waals surface area contributed by atoms with E-state index < -0.39 is 19.9 Å². The number of sulfonamides is 1. The van der Waals surface area contributed by atoms with Crippen LogP contribution in [0, 0.1) is 0 Å². The largest absolute Gasteiger partial charge is 0.496 e. The summed E-state index contributed by atoms with van der Waals surface area (Å²) >= 11 is 3.24. The second-order valence-corrected chi connectivity index (χ2v) is 9.45. The summed E-state index contributed by atoms with van der Waals surface area (Å²) < 4.78 is 54.3. The molecule has 9 heteroatoms. The van der Waals surface area contributed by atoms with Crippen LogP contribution in [0.3, 0.4) is 0 Å². The van der Waals surface area contributed by atoms with Crippen LogP contribution in [-0.4, -0.2) is 52.8 Å². The summed E-state index contributed by atoms with van der Waals surface area (Å²) in [4.78, 5) is 0.115. The molecule has 0 atom stereocenters. The van der Waals surface area contributed by atoms with Gasteiger partial charge in [0.05, 0.1) is 28.0 Å². The third-order valence-corrected chi connectivity index (χ3v) is 7.19. The summed E-state index contributed by atoms with van der Waals surface area (Å²) in [6.45, 7) is -0.0113. The van der Waals surface area contributed by atoms with E-state index in [-0.39, 0.29) is 29.5 Å². The molecule has 1 aliphatic heterocycles. The molecular weight excluding hydrogens is 370 g/mol. The summed E-state index contributed by atoms with van der Waals surface area (Å²) in [5.41, 5.74) is 0. The fourth-order valence-corrected chi connectivity index (χ4v) is 5.49. The van der Waals surface area contributed by atoms with Crippen molar-refractivity contribution in [3.8, 4) is 5.75 Å². The van der Waals surface area contributed by atoms with Crippen LogP contribution < -0.4 is 4.74 Å². The highest BCUT2D eigenvalue weighted by atomic mass is 79.9. The van der Waals surface area contributed by atoms with E-state index in [9.17, 15) is 16.8 Å². The molecule has 112 valence electrons. The topological polar surface area (TPSA) is 80.8 Å². The first-order valence-electron chi connectivity index (χ1n) is 5.80. The monoisotopic (exact) mass is 383 g/mol. The Labute approximate surface area is 126 Å². The van der Waals surface area contributed by atoms with Crippen molar-refractivity contribution in [2.24, 2.45) is 0 Å². The Morgan fingerprint density at radius 1 is 1.25 bits per heavy atom. The second-order valence-electron chi connectivity index (χ2n) is 4.35. The van der Waals surface area contributed by atoms with Gasteiger partial charge in [-0.15, -0.1) is 0 Å². The first-order valence-corrected chi connectivity index (χ1v) is 9.86. The van der Waals surface area contributed by atoms with Crippen molar-refractivity contribution in [1.82, 2.24) is 4.31 Å². The lowest BCUT2D eigenvalue weighted by atomic mass is 10.3. The highest BCUT2D eigenvalue weighted by molar-refractivity contribution is 9.10. The van der Waals surface area contributed by atoms with E-state index in [2.05, 4.69) is 15.9 Å². The molecule has 1 saturated heterocycles. The normalized spacial score (nSPS) is 19.7. The van der Waals surface area contributed by atoms with E-state index >= 15 is 0 Å². The quantitative estimate of drug-likeness (QED) is 0.773. The van der Waals surface area contributed by atoms with Gasteiger partial charge in [0.25, 0.3) is 0 Å². The van der Waals surface area contributed by atoms with Crippen LogP contribution in [-0.2, 0) is 19.9 Å². The molecule has 1 aromatic carbocycles. The second kappa shape index (κ2) is 5.63. The molecule has 6 nitrogen and oxygen atoms in total. The lowest BCUT2D eigenvalue weighted by molar-refractivity contribution is 0.411. The molecule has 20 heavy (non-hydrogen) atoms. The maximum atomic E-state index is 12.4. The molecule has 0 N–H and O–H groups in total. The van der Waals surface area contributed by atoms with Gasteiger partial charge in [-0.2, -0.15) is 4.31 Å². The van der Waals surface area contributed by atoms with E-state index in [0.29, 0.717) is 10.2 Å². The number of ether oxygens (including phenoxy) is 1. The van der Waals surface area contributed by atoms with Gasteiger partial charge in [-0.1, -0.05) is 0 Å². The van der Waals surface area contributed by atoms with Crippen LogP contribution >= 0.6 is 15.9 Å². The van der Waals surface area contributed by atoms with Crippen LogP contribution in [0.1, 0.15) is 0 Å². The van der Waals surface area contributed by atoms with Crippen LogP contribution in [0.25, 0.3) is 0 Å². The number of hydrogen-bond donors (Lipinski definition) is 0. The van der Waals surface area contributed by atoms with Crippen molar-refractivity contribution in [1.29, 1.82) is 0 Å². The molecule has 1 fully saturated rings. The molecule has 1 aromatic rings. The standard InChI is InChI=1S/C11H14BrNO5S2/c1-18-11-3-2-9(8-10(11)12)20(16,17)13-4-6-19(14,15)7-5-13/h2-3,8H,4-7H2,1H3. The maximum absolute atomic E-state index is 12.4. The minimum Gasteiger partial charge on any atom is -0.496 e. The van der Waals surface area contributed by atoms with E-state index in [1.54, 1.807) is 6.07 Å². The van der Waals surface area contributed by atoms with Gasteiger partial charge >= 0.3 is 0 Å². The number of sulfone groups is 1. The summed E-state index contributed by atoms with van der Waals surface area (Å²) in [6.07, 6.45) is 0. The zero-order valence-electron chi connectivity index (χ0n) is 10.7. The number of rotatable bonds is 3. The smallest absolute Gasteiger partial charge is 0.243 e. The summed E-state index contributed by atoms with van der Waals surface area (Å²) in [6, 6.07) is 4.46. The lowest BCUT2D eigenvalue weighted by Gasteiger charge is -2.26. The predicted octanol–water partition coefficient (Wildman–Crippen LogP) is 0.877. The Hall–Kier alpha value is -0.640. The number of halogens is 1. The Kier molecular flexibility index (Phi) is 4.43.